The lowest BCUT2D eigenvalue weighted by atomic mass is 9.92. The number of benzene rings is 2. The van der Waals surface area contributed by atoms with Gasteiger partial charge in [-0.05, 0) is 11.6 Å². The minimum atomic E-state index is 0.180. The molecule has 3 nitrogen and oxygen atoms in total. The van der Waals surface area contributed by atoms with Gasteiger partial charge in [0.15, 0.2) is 0 Å². The highest BCUT2D eigenvalue weighted by Crippen LogP contribution is 2.43. The molecule has 0 aromatic heterocycles. The normalized spacial score (nSPS) is 17.2. The summed E-state index contributed by atoms with van der Waals surface area (Å²) in [6.45, 7) is 0.747. The molecule has 2 aromatic rings. The van der Waals surface area contributed by atoms with Gasteiger partial charge in [-0.3, -0.25) is 0 Å². The quantitative estimate of drug-likeness (QED) is 0.773. The van der Waals surface area contributed by atoms with E-state index in [4.69, 9.17) is 11.6 Å². The van der Waals surface area contributed by atoms with Crippen LogP contribution in [0, 0.1) is 11.3 Å². The smallest absolute Gasteiger partial charge is 0.125 e. The van der Waals surface area contributed by atoms with E-state index in [-0.39, 0.29) is 11.7 Å². The van der Waals surface area contributed by atoms with Crippen molar-refractivity contribution >= 4 is 28.1 Å². The third kappa shape index (κ3) is 1.43. The molecular weight excluding hydrogens is 248 g/mol. The van der Waals surface area contributed by atoms with E-state index in [0.717, 1.165) is 23.2 Å². The molecule has 18 heavy (non-hydrogen) atoms. The van der Waals surface area contributed by atoms with Crippen LogP contribution in [0.4, 0.5) is 5.69 Å². The number of phenols is 1. The van der Waals surface area contributed by atoms with Crippen LogP contribution in [0.3, 0.4) is 0 Å². The molecule has 2 aromatic carbocycles. The van der Waals surface area contributed by atoms with Crippen molar-refractivity contribution in [2.45, 2.75) is 5.92 Å². The van der Waals surface area contributed by atoms with Crippen molar-refractivity contribution in [3.63, 3.8) is 0 Å². The predicted octanol–water partition coefficient (Wildman–Crippen LogP) is 3.16. The van der Waals surface area contributed by atoms with Crippen LogP contribution >= 0.6 is 11.6 Å². The van der Waals surface area contributed by atoms with Crippen LogP contribution in [0.25, 0.3) is 10.8 Å². The van der Waals surface area contributed by atoms with E-state index in [1.807, 2.05) is 6.07 Å². The van der Waals surface area contributed by atoms with Gasteiger partial charge in [0.2, 0.25) is 0 Å². The van der Waals surface area contributed by atoms with Gasteiger partial charge in [0.25, 0.3) is 0 Å². The standard InChI is InChI=1S/C14H11ClN2O/c15-5-9-7-17-11-4-12(18)10-3-1-2-8(6-16)13(10)14(9)11/h1-4,9,17-18H,5,7H2/t9-/m1/s1. The van der Waals surface area contributed by atoms with Gasteiger partial charge in [0.1, 0.15) is 5.75 Å². The molecule has 0 fully saturated rings. The lowest BCUT2D eigenvalue weighted by Gasteiger charge is -2.12. The van der Waals surface area contributed by atoms with E-state index in [0.29, 0.717) is 16.8 Å². The number of anilines is 1. The third-order valence-electron chi connectivity index (χ3n) is 3.43. The number of nitrogens with one attached hydrogen (secondary N) is 1. The zero-order chi connectivity index (χ0) is 12.7. The molecule has 1 heterocycles. The SMILES string of the molecule is N#Cc1cccc2c(O)cc3c(c12)[C@H](CCl)CN3. The summed E-state index contributed by atoms with van der Waals surface area (Å²) in [4.78, 5) is 0. The van der Waals surface area contributed by atoms with Crippen molar-refractivity contribution in [2.75, 3.05) is 17.7 Å². The van der Waals surface area contributed by atoms with Crippen molar-refractivity contribution < 1.29 is 5.11 Å². The number of alkyl halides is 1. The van der Waals surface area contributed by atoms with Crippen LogP contribution in [-0.2, 0) is 0 Å². The molecule has 4 heteroatoms. The number of halogens is 1. The van der Waals surface area contributed by atoms with Crippen LogP contribution in [0.2, 0.25) is 0 Å². The Labute approximate surface area is 110 Å². The summed E-state index contributed by atoms with van der Waals surface area (Å²) in [5.74, 6) is 0.877. The highest BCUT2D eigenvalue weighted by molar-refractivity contribution is 6.18. The van der Waals surface area contributed by atoms with Crippen molar-refractivity contribution in [3.05, 3.63) is 35.4 Å². The number of hydrogen-bond donors (Lipinski definition) is 2. The summed E-state index contributed by atoms with van der Waals surface area (Å²) >= 11 is 5.99. The van der Waals surface area contributed by atoms with Gasteiger partial charge in [0, 0.05) is 40.9 Å². The van der Waals surface area contributed by atoms with Crippen LogP contribution in [0.1, 0.15) is 17.0 Å². The zero-order valence-electron chi connectivity index (χ0n) is 9.57. The molecule has 0 radical (unpaired) electrons. The molecule has 1 aliphatic rings. The number of nitrogens with zero attached hydrogens (tertiary/aromatic N) is 1. The first-order valence-electron chi connectivity index (χ1n) is 5.74. The van der Waals surface area contributed by atoms with Gasteiger partial charge < -0.3 is 10.4 Å². The zero-order valence-corrected chi connectivity index (χ0v) is 10.3. The summed E-state index contributed by atoms with van der Waals surface area (Å²) in [5.41, 5.74) is 2.52. The summed E-state index contributed by atoms with van der Waals surface area (Å²) in [7, 11) is 0. The second-order valence-electron chi connectivity index (χ2n) is 4.43. The maximum atomic E-state index is 10.0. The first-order chi connectivity index (χ1) is 8.76. The van der Waals surface area contributed by atoms with E-state index in [9.17, 15) is 10.4 Å². The molecule has 1 atom stereocenters. The third-order valence-corrected chi connectivity index (χ3v) is 3.81. The van der Waals surface area contributed by atoms with Crippen LogP contribution in [-0.4, -0.2) is 17.5 Å². The topological polar surface area (TPSA) is 56.0 Å². The number of fused-ring (bicyclic) bond motifs is 3. The van der Waals surface area contributed by atoms with Gasteiger partial charge in [0.05, 0.1) is 11.6 Å². The summed E-state index contributed by atoms with van der Waals surface area (Å²) in [6.07, 6.45) is 0. The molecule has 0 saturated heterocycles. The van der Waals surface area contributed by atoms with E-state index < -0.39 is 0 Å². The Morgan fingerprint density at radius 1 is 1.50 bits per heavy atom. The summed E-state index contributed by atoms with van der Waals surface area (Å²) in [6, 6.07) is 9.28. The molecule has 2 N–H and O–H groups in total. The minimum Gasteiger partial charge on any atom is -0.507 e. The first-order valence-corrected chi connectivity index (χ1v) is 6.28. The number of nitriles is 1. The molecule has 3 rings (SSSR count). The number of phenolic OH excluding ortho intramolecular Hbond substituents is 1. The van der Waals surface area contributed by atoms with Gasteiger partial charge in [-0.15, -0.1) is 11.6 Å². The number of aromatic hydroxyl groups is 1. The number of rotatable bonds is 1. The fourth-order valence-corrected chi connectivity index (χ4v) is 2.88. The van der Waals surface area contributed by atoms with E-state index in [1.165, 1.54) is 0 Å². The van der Waals surface area contributed by atoms with Crippen molar-refractivity contribution in [3.8, 4) is 11.8 Å². The Kier molecular flexibility index (Phi) is 2.53. The Morgan fingerprint density at radius 2 is 2.33 bits per heavy atom. The first kappa shape index (κ1) is 11.2. The second-order valence-corrected chi connectivity index (χ2v) is 4.74. The maximum Gasteiger partial charge on any atom is 0.125 e. The van der Waals surface area contributed by atoms with Crippen molar-refractivity contribution in [1.82, 2.24) is 0 Å². The second kappa shape index (κ2) is 4.08. The Hall–Kier alpha value is -1.92. The molecule has 0 aliphatic carbocycles. The van der Waals surface area contributed by atoms with Gasteiger partial charge >= 0.3 is 0 Å². The number of hydrogen-bond acceptors (Lipinski definition) is 3. The highest BCUT2D eigenvalue weighted by atomic mass is 35.5. The summed E-state index contributed by atoms with van der Waals surface area (Å²) < 4.78 is 0. The van der Waals surface area contributed by atoms with E-state index in [2.05, 4.69) is 11.4 Å². The lowest BCUT2D eigenvalue weighted by Crippen LogP contribution is -2.03. The molecule has 0 amide bonds. The highest BCUT2D eigenvalue weighted by Gasteiger charge is 2.26. The molecule has 0 bridgehead atoms. The monoisotopic (exact) mass is 258 g/mol. The average Bonchev–Trinajstić information content (AvgIpc) is 2.81. The van der Waals surface area contributed by atoms with Crippen molar-refractivity contribution in [1.29, 1.82) is 5.26 Å². The van der Waals surface area contributed by atoms with Crippen LogP contribution < -0.4 is 5.32 Å². The van der Waals surface area contributed by atoms with Gasteiger partial charge in [-0.2, -0.15) is 5.26 Å². The van der Waals surface area contributed by atoms with Crippen molar-refractivity contribution in [2.24, 2.45) is 0 Å². The molecule has 1 aliphatic heterocycles. The minimum absolute atomic E-state index is 0.180. The molecule has 0 saturated carbocycles. The molecular formula is C14H11ClN2O. The van der Waals surface area contributed by atoms with Gasteiger partial charge in [-0.25, -0.2) is 0 Å². The Morgan fingerprint density at radius 3 is 3.06 bits per heavy atom. The Balaban J connectivity index is 2.46. The van der Waals surface area contributed by atoms with Crippen LogP contribution in [0.5, 0.6) is 5.75 Å². The van der Waals surface area contributed by atoms with E-state index >= 15 is 0 Å². The predicted molar refractivity (Wildman–Crippen MR) is 72.3 cm³/mol. The maximum absolute atomic E-state index is 10.0. The van der Waals surface area contributed by atoms with Crippen LogP contribution in [0.15, 0.2) is 24.3 Å². The lowest BCUT2D eigenvalue weighted by molar-refractivity contribution is 0.482. The van der Waals surface area contributed by atoms with Gasteiger partial charge in [-0.1, -0.05) is 12.1 Å². The van der Waals surface area contributed by atoms with E-state index in [1.54, 1.807) is 18.2 Å². The molecule has 0 spiro atoms. The largest absolute Gasteiger partial charge is 0.507 e. The molecule has 90 valence electrons. The fraction of sp³-hybridized carbons (Fsp3) is 0.214. The summed E-state index contributed by atoms with van der Waals surface area (Å²) in [5, 5.41) is 24.0. The Bertz CT molecular complexity index is 676. The average molecular weight is 259 g/mol. The fourth-order valence-electron chi connectivity index (χ4n) is 2.61. The molecule has 0 unspecified atom stereocenters.